The van der Waals surface area contributed by atoms with Crippen molar-refractivity contribution in [2.45, 2.75) is 31.0 Å². The number of nitrogens with one attached hydrogen (secondary N) is 1. The highest BCUT2D eigenvalue weighted by Gasteiger charge is 2.41. The van der Waals surface area contributed by atoms with Crippen LogP contribution >= 0.6 is 0 Å². The minimum atomic E-state index is -4.61. The Balaban J connectivity index is 2.73. The van der Waals surface area contributed by atoms with Gasteiger partial charge in [-0.05, 0) is 12.8 Å². The van der Waals surface area contributed by atoms with E-state index in [1.165, 1.54) is 6.20 Å². The van der Waals surface area contributed by atoms with Gasteiger partial charge in [-0.15, -0.1) is 0 Å². The van der Waals surface area contributed by atoms with Crippen molar-refractivity contribution in [2.75, 3.05) is 11.5 Å². The van der Waals surface area contributed by atoms with E-state index in [1.54, 1.807) is 0 Å². The zero-order valence-electron chi connectivity index (χ0n) is 12.0. The molecule has 23 heavy (non-hydrogen) atoms. The predicted octanol–water partition coefficient (Wildman–Crippen LogP) is 1.36. The average molecular weight is 354 g/mol. The molecule has 0 bridgehead atoms. The van der Waals surface area contributed by atoms with E-state index in [1.807, 2.05) is 0 Å². The van der Waals surface area contributed by atoms with Crippen LogP contribution in [0.5, 0.6) is 0 Å². The lowest BCUT2D eigenvalue weighted by atomic mass is 10.0. The first-order valence-electron chi connectivity index (χ1n) is 6.58. The molecule has 0 saturated carbocycles. The molecule has 0 aliphatic carbocycles. The molecule has 0 amide bonds. The van der Waals surface area contributed by atoms with E-state index in [2.05, 4.69) is 9.97 Å². The number of carboxylic acid groups (broad SMARTS) is 1. The highest BCUT2D eigenvalue weighted by Crippen LogP contribution is 2.36. The molecule has 1 rings (SSSR count). The first-order valence-corrected chi connectivity index (χ1v) is 8.48. The topological polar surface area (TPSA) is 130 Å². The minimum absolute atomic E-state index is 0.237. The monoisotopic (exact) mass is 354 g/mol. The molecule has 0 aliphatic heterocycles. The van der Waals surface area contributed by atoms with Gasteiger partial charge in [0.25, 0.3) is 0 Å². The number of rotatable bonds is 8. The largest absolute Gasteiger partial charge is 0.480 e. The number of alkyl halides is 3. The maximum atomic E-state index is 13.1. The van der Waals surface area contributed by atoms with Crippen molar-refractivity contribution in [2.24, 2.45) is 5.73 Å². The number of nitrogens with zero attached hydrogens (tertiary/aromatic N) is 2. The molecule has 0 aromatic carbocycles. The van der Waals surface area contributed by atoms with Crippen molar-refractivity contribution in [1.29, 1.82) is 4.78 Å². The van der Waals surface area contributed by atoms with E-state index in [-0.39, 0.29) is 17.9 Å². The van der Waals surface area contributed by atoms with Crippen LogP contribution in [0.15, 0.2) is 18.6 Å². The van der Waals surface area contributed by atoms with Gasteiger partial charge in [0.15, 0.2) is 0 Å². The number of hydrogen-bond acceptors (Lipinski definition) is 6. The molecule has 0 radical (unpaired) electrons. The summed E-state index contributed by atoms with van der Waals surface area (Å²) < 4.78 is 58.8. The minimum Gasteiger partial charge on any atom is -0.480 e. The Morgan fingerprint density at radius 2 is 1.96 bits per heavy atom. The summed E-state index contributed by atoms with van der Waals surface area (Å²) in [7, 11) is -3.37. The third-order valence-electron chi connectivity index (χ3n) is 3.15. The third-order valence-corrected chi connectivity index (χ3v) is 4.94. The Hall–Kier alpha value is -1.75. The molecule has 1 aromatic rings. The normalized spacial score (nSPS) is 17.2. The van der Waals surface area contributed by atoms with Crippen LogP contribution in [-0.2, 0) is 14.5 Å². The standard InChI is InChI=1S/C12H17F3N4O3S/c13-12(14,15)8(10-7-18-3-4-19-10)1-5-23(17,22)6-2-9(16)11(20)21/h3-4,7-9,17H,1-2,5-6,16H2,(H,20,21)/t8?,9-,23?/m0/s1. The summed E-state index contributed by atoms with van der Waals surface area (Å²) in [6, 6.07) is -1.29. The number of nitrogens with two attached hydrogens (primary N) is 1. The summed E-state index contributed by atoms with van der Waals surface area (Å²) in [4.78, 5) is 17.7. The van der Waals surface area contributed by atoms with E-state index in [4.69, 9.17) is 15.6 Å². The predicted molar refractivity (Wildman–Crippen MR) is 76.3 cm³/mol. The van der Waals surface area contributed by atoms with Crippen LogP contribution in [0.1, 0.15) is 24.5 Å². The molecule has 1 aromatic heterocycles. The molecule has 7 nitrogen and oxygen atoms in total. The van der Waals surface area contributed by atoms with Crippen LogP contribution in [0.25, 0.3) is 0 Å². The van der Waals surface area contributed by atoms with Crippen molar-refractivity contribution >= 4 is 15.7 Å². The Morgan fingerprint density at radius 1 is 1.35 bits per heavy atom. The van der Waals surface area contributed by atoms with Gasteiger partial charge in [-0.25, -0.2) is 4.21 Å². The van der Waals surface area contributed by atoms with Gasteiger partial charge >= 0.3 is 12.1 Å². The van der Waals surface area contributed by atoms with E-state index in [9.17, 15) is 22.2 Å². The van der Waals surface area contributed by atoms with Crippen molar-refractivity contribution < 1.29 is 27.3 Å². The summed E-state index contributed by atoms with van der Waals surface area (Å²) in [5, 5.41) is 8.61. The molecular formula is C12H17F3N4O3S. The number of hydrogen-bond donors (Lipinski definition) is 3. The van der Waals surface area contributed by atoms with Gasteiger partial charge in [0, 0.05) is 39.8 Å². The van der Waals surface area contributed by atoms with Gasteiger partial charge in [-0.3, -0.25) is 19.5 Å². The number of aliphatic carboxylic acids is 1. The summed E-state index contributed by atoms with van der Waals surface area (Å²) in [6.45, 7) is 0. The van der Waals surface area contributed by atoms with Crippen molar-refractivity contribution in [3.05, 3.63) is 24.3 Å². The highest BCUT2D eigenvalue weighted by atomic mass is 32.2. The third kappa shape index (κ3) is 6.48. The van der Waals surface area contributed by atoms with Gasteiger partial charge in [-0.1, -0.05) is 0 Å². The summed E-state index contributed by atoms with van der Waals surface area (Å²) in [6.07, 6.45) is -2.10. The fourth-order valence-corrected chi connectivity index (χ4v) is 3.28. The zero-order valence-corrected chi connectivity index (χ0v) is 12.8. The molecular weight excluding hydrogens is 337 g/mol. The lowest BCUT2D eigenvalue weighted by Gasteiger charge is -2.20. The van der Waals surface area contributed by atoms with Crippen molar-refractivity contribution in [1.82, 2.24) is 9.97 Å². The number of halogens is 3. The fraction of sp³-hybridized carbons (Fsp3) is 0.583. The Bertz CT molecular complexity index is 622. The van der Waals surface area contributed by atoms with E-state index in [0.717, 1.165) is 12.4 Å². The molecule has 1 heterocycles. The Morgan fingerprint density at radius 3 is 2.43 bits per heavy atom. The second kappa shape index (κ2) is 7.68. The van der Waals surface area contributed by atoms with Gasteiger partial charge in [0.05, 0.1) is 11.6 Å². The highest BCUT2D eigenvalue weighted by molar-refractivity contribution is 7.92. The smallest absolute Gasteiger partial charge is 0.397 e. The van der Waals surface area contributed by atoms with Crippen LogP contribution in [0.2, 0.25) is 0 Å². The van der Waals surface area contributed by atoms with Gasteiger partial charge in [0.1, 0.15) is 6.04 Å². The average Bonchev–Trinajstić information content (AvgIpc) is 2.44. The quantitative estimate of drug-likeness (QED) is 0.646. The van der Waals surface area contributed by atoms with Crippen LogP contribution in [0.4, 0.5) is 13.2 Å². The van der Waals surface area contributed by atoms with Crippen LogP contribution < -0.4 is 5.73 Å². The molecule has 4 N–H and O–H groups in total. The fourth-order valence-electron chi connectivity index (χ4n) is 1.82. The SMILES string of the molecule is N=S(=O)(CCC(c1cnccn1)C(F)(F)F)CC[C@H](N)C(=O)O. The van der Waals surface area contributed by atoms with Crippen LogP contribution in [-0.4, -0.2) is 49.0 Å². The summed E-state index contributed by atoms with van der Waals surface area (Å²) >= 11 is 0. The lowest BCUT2D eigenvalue weighted by molar-refractivity contribution is -0.151. The lowest BCUT2D eigenvalue weighted by Crippen LogP contribution is -2.32. The number of carbonyl (C=O) groups is 1. The first kappa shape index (κ1) is 19.3. The maximum Gasteiger partial charge on any atom is 0.397 e. The number of aromatic nitrogens is 2. The molecule has 2 unspecified atom stereocenters. The van der Waals surface area contributed by atoms with Crippen LogP contribution in [0.3, 0.4) is 0 Å². The molecule has 0 fully saturated rings. The molecule has 0 aliphatic rings. The Kier molecular flexibility index (Phi) is 6.45. The second-order valence-electron chi connectivity index (χ2n) is 4.97. The second-order valence-corrected chi connectivity index (χ2v) is 7.41. The van der Waals surface area contributed by atoms with E-state index >= 15 is 0 Å². The Labute approximate surface area is 131 Å². The van der Waals surface area contributed by atoms with Gasteiger partial charge < -0.3 is 10.8 Å². The van der Waals surface area contributed by atoms with E-state index < -0.39 is 46.0 Å². The zero-order chi connectivity index (χ0) is 17.7. The van der Waals surface area contributed by atoms with Crippen LogP contribution in [0, 0.1) is 4.78 Å². The maximum absolute atomic E-state index is 13.1. The molecule has 11 heteroatoms. The first-order chi connectivity index (χ1) is 10.5. The summed E-state index contributed by atoms with van der Waals surface area (Å²) in [5.41, 5.74) is 4.93. The molecule has 130 valence electrons. The molecule has 3 atom stereocenters. The molecule has 0 saturated heterocycles. The summed E-state index contributed by atoms with van der Waals surface area (Å²) in [5.74, 6) is -4.19. The van der Waals surface area contributed by atoms with Crippen molar-refractivity contribution in [3.8, 4) is 0 Å². The van der Waals surface area contributed by atoms with Gasteiger partial charge in [0.2, 0.25) is 0 Å². The van der Waals surface area contributed by atoms with Crippen molar-refractivity contribution in [3.63, 3.8) is 0 Å². The molecule has 0 spiro atoms. The number of carboxylic acids is 1. The van der Waals surface area contributed by atoms with Gasteiger partial charge in [-0.2, -0.15) is 13.2 Å². The van der Waals surface area contributed by atoms with E-state index in [0.29, 0.717) is 0 Å².